The zero-order valence-corrected chi connectivity index (χ0v) is 13.6. The van der Waals surface area contributed by atoms with Crippen molar-refractivity contribution in [1.82, 2.24) is 30.5 Å². The third-order valence-corrected chi connectivity index (χ3v) is 3.97. The zero-order valence-electron chi connectivity index (χ0n) is 13.6. The largest absolute Gasteiger partial charge is 0.352 e. The fourth-order valence-corrected chi connectivity index (χ4v) is 2.51. The lowest BCUT2D eigenvalue weighted by Gasteiger charge is -2.14. The Morgan fingerprint density at radius 1 is 1.17 bits per heavy atom. The number of carbonyl (C=O) groups excluding carboxylic acids is 1. The maximum atomic E-state index is 12.6. The van der Waals surface area contributed by atoms with Crippen molar-refractivity contribution in [1.29, 1.82) is 0 Å². The predicted molar refractivity (Wildman–Crippen MR) is 88.9 cm³/mol. The highest BCUT2D eigenvalue weighted by atomic mass is 16.1. The summed E-state index contributed by atoms with van der Waals surface area (Å²) in [5.41, 5.74) is 4.45. The number of pyridine rings is 1. The molecule has 0 aliphatic heterocycles. The summed E-state index contributed by atoms with van der Waals surface area (Å²) in [6.45, 7) is 4.50. The monoisotopic (exact) mass is 322 g/mol. The number of hydrogen-bond donors (Lipinski definition) is 1. The van der Waals surface area contributed by atoms with Gasteiger partial charge in [0, 0.05) is 18.9 Å². The van der Waals surface area contributed by atoms with Gasteiger partial charge in [0.25, 0.3) is 5.91 Å². The Balaban J connectivity index is 1.79. The van der Waals surface area contributed by atoms with Crippen LogP contribution in [0.1, 0.15) is 27.0 Å². The van der Waals surface area contributed by atoms with Gasteiger partial charge in [0.2, 0.25) is 0 Å². The molecule has 1 N–H and O–H groups in total. The van der Waals surface area contributed by atoms with E-state index in [2.05, 4.69) is 25.8 Å². The Bertz CT molecular complexity index is 830. The molecule has 7 nitrogen and oxygen atoms in total. The van der Waals surface area contributed by atoms with E-state index in [4.69, 9.17) is 0 Å². The van der Waals surface area contributed by atoms with Crippen LogP contribution in [-0.4, -0.2) is 37.6 Å². The first-order valence-electron chi connectivity index (χ1n) is 7.67. The molecule has 7 heteroatoms. The van der Waals surface area contributed by atoms with Gasteiger partial charge in [-0.3, -0.25) is 9.78 Å². The van der Waals surface area contributed by atoms with Crippen molar-refractivity contribution in [3.8, 4) is 5.69 Å². The number of rotatable bonds is 5. The van der Waals surface area contributed by atoms with Crippen LogP contribution < -0.4 is 5.32 Å². The van der Waals surface area contributed by atoms with Crippen molar-refractivity contribution in [3.05, 3.63) is 65.2 Å². The molecular weight excluding hydrogens is 304 g/mol. The molecule has 0 fully saturated rings. The lowest BCUT2D eigenvalue weighted by Crippen LogP contribution is -2.27. The standard InChI is InChI=1S/C17H18N6O/c1-12-3-4-15(16(13(12)2)23-11-20-21-22-23)17(24)19-10-7-14-5-8-18-9-6-14/h3-6,8-9,11H,7,10H2,1-2H3,(H,19,24). The van der Waals surface area contributed by atoms with Crippen LogP contribution in [0.2, 0.25) is 0 Å². The molecule has 3 rings (SSSR count). The number of hydrogen-bond acceptors (Lipinski definition) is 5. The van der Waals surface area contributed by atoms with E-state index in [0.717, 1.165) is 23.1 Å². The van der Waals surface area contributed by atoms with Crippen molar-refractivity contribution in [2.24, 2.45) is 0 Å². The number of tetrazole rings is 1. The van der Waals surface area contributed by atoms with Gasteiger partial charge < -0.3 is 5.32 Å². The summed E-state index contributed by atoms with van der Waals surface area (Å²) >= 11 is 0. The maximum absolute atomic E-state index is 12.6. The van der Waals surface area contributed by atoms with Gasteiger partial charge in [0.1, 0.15) is 6.33 Å². The number of carbonyl (C=O) groups is 1. The lowest BCUT2D eigenvalue weighted by molar-refractivity contribution is 0.0954. The molecule has 0 spiro atoms. The minimum atomic E-state index is -0.141. The van der Waals surface area contributed by atoms with Gasteiger partial charge in [0.15, 0.2) is 0 Å². The second-order valence-electron chi connectivity index (χ2n) is 5.52. The number of aromatic nitrogens is 5. The quantitative estimate of drug-likeness (QED) is 0.772. The summed E-state index contributed by atoms with van der Waals surface area (Å²) in [6.07, 6.45) is 5.74. The molecule has 0 aliphatic rings. The number of amides is 1. The molecule has 3 aromatic rings. The van der Waals surface area contributed by atoms with Gasteiger partial charge >= 0.3 is 0 Å². The van der Waals surface area contributed by atoms with E-state index < -0.39 is 0 Å². The molecule has 1 aromatic carbocycles. The molecule has 0 atom stereocenters. The smallest absolute Gasteiger partial charge is 0.253 e. The van der Waals surface area contributed by atoms with Crippen LogP contribution >= 0.6 is 0 Å². The van der Waals surface area contributed by atoms with Crippen LogP contribution in [0.25, 0.3) is 5.69 Å². The number of nitrogens with zero attached hydrogens (tertiary/aromatic N) is 5. The first-order chi connectivity index (χ1) is 11.7. The van der Waals surface area contributed by atoms with E-state index in [9.17, 15) is 4.79 Å². The Morgan fingerprint density at radius 2 is 1.96 bits per heavy atom. The Kier molecular flexibility index (Phi) is 4.60. The normalized spacial score (nSPS) is 10.6. The summed E-state index contributed by atoms with van der Waals surface area (Å²) in [6, 6.07) is 7.62. The van der Waals surface area contributed by atoms with Crippen LogP contribution in [0, 0.1) is 13.8 Å². The predicted octanol–water partition coefficient (Wildman–Crippen LogP) is 1.65. The van der Waals surface area contributed by atoms with Crippen molar-refractivity contribution in [2.45, 2.75) is 20.3 Å². The van der Waals surface area contributed by atoms with Crippen LogP contribution in [0.15, 0.2) is 43.0 Å². The minimum Gasteiger partial charge on any atom is -0.352 e. The van der Waals surface area contributed by atoms with Crippen molar-refractivity contribution < 1.29 is 4.79 Å². The zero-order chi connectivity index (χ0) is 16.9. The van der Waals surface area contributed by atoms with Gasteiger partial charge in [-0.15, -0.1) is 5.10 Å². The lowest BCUT2D eigenvalue weighted by atomic mass is 10.0. The summed E-state index contributed by atoms with van der Waals surface area (Å²) in [4.78, 5) is 16.6. The van der Waals surface area contributed by atoms with E-state index >= 15 is 0 Å². The number of nitrogens with one attached hydrogen (secondary N) is 1. The first-order valence-corrected chi connectivity index (χ1v) is 7.67. The minimum absolute atomic E-state index is 0.141. The molecule has 0 saturated heterocycles. The van der Waals surface area contributed by atoms with Gasteiger partial charge in [0.05, 0.1) is 11.3 Å². The van der Waals surface area contributed by atoms with Gasteiger partial charge in [-0.25, -0.2) is 0 Å². The highest BCUT2D eigenvalue weighted by Gasteiger charge is 2.17. The molecule has 2 aromatic heterocycles. The molecule has 24 heavy (non-hydrogen) atoms. The van der Waals surface area contributed by atoms with Crippen LogP contribution in [0.3, 0.4) is 0 Å². The summed E-state index contributed by atoms with van der Waals surface area (Å²) in [7, 11) is 0. The topological polar surface area (TPSA) is 85.6 Å². The third kappa shape index (κ3) is 3.29. The molecule has 2 heterocycles. The van der Waals surface area contributed by atoms with Gasteiger partial charge in [-0.05, 0) is 65.6 Å². The van der Waals surface area contributed by atoms with Crippen LogP contribution in [0.5, 0.6) is 0 Å². The fraction of sp³-hybridized carbons (Fsp3) is 0.235. The molecule has 1 amide bonds. The molecule has 122 valence electrons. The van der Waals surface area contributed by atoms with Crippen molar-refractivity contribution in [3.63, 3.8) is 0 Å². The molecule has 0 unspecified atom stereocenters. The first kappa shape index (κ1) is 15.8. The molecule has 0 radical (unpaired) electrons. The second kappa shape index (κ2) is 6.99. The highest BCUT2D eigenvalue weighted by molar-refractivity contribution is 5.98. The third-order valence-electron chi connectivity index (χ3n) is 3.97. The maximum Gasteiger partial charge on any atom is 0.253 e. The van der Waals surface area contributed by atoms with E-state index in [1.54, 1.807) is 18.5 Å². The Morgan fingerprint density at radius 3 is 2.67 bits per heavy atom. The fourth-order valence-electron chi connectivity index (χ4n) is 2.51. The van der Waals surface area contributed by atoms with E-state index in [1.165, 1.54) is 11.0 Å². The van der Waals surface area contributed by atoms with Crippen LogP contribution in [0.4, 0.5) is 0 Å². The van der Waals surface area contributed by atoms with Crippen LogP contribution in [-0.2, 0) is 6.42 Å². The summed E-state index contributed by atoms with van der Waals surface area (Å²) < 4.78 is 1.53. The van der Waals surface area contributed by atoms with Gasteiger partial charge in [-0.2, -0.15) is 4.68 Å². The van der Waals surface area contributed by atoms with E-state index in [-0.39, 0.29) is 5.91 Å². The second-order valence-corrected chi connectivity index (χ2v) is 5.52. The average molecular weight is 322 g/mol. The molecular formula is C17H18N6O. The summed E-state index contributed by atoms with van der Waals surface area (Å²) in [5, 5.41) is 14.2. The van der Waals surface area contributed by atoms with E-state index in [1.807, 2.05) is 32.0 Å². The molecule has 0 saturated carbocycles. The SMILES string of the molecule is Cc1ccc(C(=O)NCCc2ccncc2)c(-n2cnnn2)c1C. The van der Waals surface area contributed by atoms with Gasteiger partial charge in [-0.1, -0.05) is 6.07 Å². The Labute approximate surface area is 139 Å². The summed E-state index contributed by atoms with van der Waals surface area (Å²) in [5.74, 6) is -0.141. The number of aryl methyl sites for hydroxylation is 1. The number of benzene rings is 1. The van der Waals surface area contributed by atoms with E-state index in [0.29, 0.717) is 17.8 Å². The van der Waals surface area contributed by atoms with Crippen molar-refractivity contribution >= 4 is 5.91 Å². The average Bonchev–Trinajstić information content (AvgIpc) is 3.12. The highest BCUT2D eigenvalue weighted by Crippen LogP contribution is 2.21. The van der Waals surface area contributed by atoms with Crippen molar-refractivity contribution in [2.75, 3.05) is 6.54 Å². The molecule has 0 bridgehead atoms. The molecule has 0 aliphatic carbocycles. The Hall–Kier alpha value is -3.09.